The van der Waals surface area contributed by atoms with Gasteiger partial charge in [-0.05, 0) is 55.5 Å². The first-order valence-corrected chi connectivity index (χ1v) is 9.64. The second kappa shape index (κ2) is 9.90. The third-order valence-electron chi connectivity index (χ3n) is 5.04. The van der Waals surface area contributed by atoms with E-state index in [-0.39, 0.29) is 12.1 Å². The zero-order chi connectivity index (χ0) is 19.8. The Bertz CT molecular complexity index is 787. The van der Waals surface area contributed by atoms with Crippen LogP contribution in [0.4, 0.5) is 10.5 Å². The van der Waals surface area contributed by atoms with Crippen molar-refractivity contribution in [3.05, 3.63) is 65.7 Å². The van der Waals surface area contributed by atoms with Crippen molar-refractivity contribution in [2.75, 3.05) is 25.5 Å². The second-order valence-corrected chi connectivity index (χ2v) is 7.15. The molecular weight excluding hydrogens is 354 g/mol. The van der Waals surface area contributed by atoms with E-state index in [1.54, 1.807) is 24.3 Å². The average molecular weight is 381 g/mol. The van der Waals surface area contributed by atoms with E-state index >= 15 is 0 Å². The maximum absolute atomic E-state index is 12.1. The van der Waals surface area contributed by atoms with Gasteiger partial charge >= 0.3 is 12.0 Å². The first-order chi connectivity index (χ1) is 13.6. The summed E-state index contributed by atoms with van der Waals surface area (Å²) in [7, 11) is 1.33. The third-order valence-corrected chi connectivity index (χ3v) is 5.04. The Morgan fingerprint density at radius 1 is 1.11 bits per heavy atom. The van der Waals surface area contributed by atoms with Crippen LogP contribution in [0.25, 0.3) is 0 Å². The van der Waals surface area contributed by atoms with E-state index in [0.717, 1.165) is 25.8 Å². The Morgan fingerprint density at radius 3 is 2.64 bits per heavy atom. The molecular formula is C22H27N3O3. The number of amides is 2. The number of rotatable bonds is 6. The molecule has 2 aromatic rings. The van der Waals surface area contributed by atoms with Crippen LogP contribution >= 0.6 is 0 Å². The minimum atomic E-state index is -0.430. The average Bonchev–Trinajstić information content (AvgIpc) is 2.73. The smallest absolute Gasteiger partial charge is 0.337 e. The summed E-state index contributed by atoms with van der Waals surface area (Å²) in [6.45, 7) is 1.53. The summed E-state index contributed by atoms with van der Waals surface area (Å²) in [6.07, 6.45) is 3.28. The number of urea groups is 1. The van der Waals surface area contributed by atoms with Crippen molar-refractivity contribution >= 4 is 17.7 Å². The summed E-state index contributed by atoms with van der Waals surface area (Å²) in [5.74, 6) is 0.203. The van der Waals surface area contributed by atoms with Gasteiger partial charge in [0.2, 0.25) is 0 Å². The minimum Gasteiger partial charge on any atom is -0.465 e. The molecule has 0 aliphatic carbocycles. The van der Waals surface area contributed by atoms with Gasteiger partial charge in [0.25, 0.3) is 0 Å². The largest absolute Gasteiger partial charge is 0.465 e. The topological polar surface area (TPSA) is 79.5 Å². The molecule has 3 N–H and O–H groups in total. The number of ether oxygens (including phenoxy) is 1. The Labute approximate surface area is 165 Å². The first kappa shape index (κ1) is 19.9. The van der Waals surface area contributed by atoms with Crippen molar-refractivity contribution in [1.29, 1.82) is 0 Å². The normalized spacial score (nSPS) is 18.9. The summed E-state index contributed by atoms with van der Waals surface area (Å²) >= 11 is 0. The Kier molecular flexibility index (Phi) is 7.03. The molecule has 1 aliphatic heterocycles. The molecule has 1 heterocycles. The molecule has 2 aromatic carbocycles. The number of nitrogens with one attached hydrogen (secondary N) is 3. The number of carbonyl (C=O) groups excluding carboxylic acids is 2. The third kappa shape index (κ3) is 5.82. The van der Waals surface area contributed by atoms with E-state index < -0.39 is 5.97 Å². The van der Waals surface area contributed by atoms with Gasteiger partial charge in [-0.25, -0.2) is 9.59 Å². The van der Waals surface area contributed by atoms with E-state index in [0.29, 0.717) is 23.7 Å². The summed E-state index contributed by atoms with van der Waals surface area (Å²) in [4.78, 5) is 23.7. The van der Waals surface area contributed by atoms with Gasteiger partial charge in [-0.2, -0.15) is 0 Å². The standard InChI is InChI=1S/C22H27N3O3/c1-28-21(26)18-8-5-9-19(13-18)25-22(27)24-15-20-11-10-17(14-23-20)12-16-6-3-2-4-7-16/h2-9,13,17,20,23H,10-12,14-15H2,1H3,(H2,24,25,27)/t17-,20+/m0/s1. The molecule has 1 aliphatic rings. The van der Waals surface area contributed by atoms with Crippen LogP contribution in [0, 0.1) is 5.92 Å². The van der Waals surface area contributed by atoms with Crippen molar-refractivity contribution in [3.8, 4) is 0 Å². The van der Waals surface area contributed by atoms with Crippen LogP contribution in [0.3, 0.4) is 0 Å². The van der Waals surface area contributed by atoms with Crippen LogP contribution in [-0.4, -0.2) is 38.2 Å². The highest BCUT2D eigenvalue weighted by atomic mass is 16.5. The number of carbonyl (C=O) groups is 2. The fourth-order valence-electron chi connectivity index (χ4n) is 3.50. The van der Waals surface area contributed by atoms with E-state index in [4.69, 9.17) is 4.74 Å². The van der Waals surface area contributed by atoms with Crippen molar-refractivity contribution < 1.29 is 14.3 Å². The molecule has 6 heteroatoms. The van der Waals surface area contributed by atoms with Crippen LogP contribution in [0.5, 0.6) is 0 Å². The van der Waals surface area contributed by atoms with Crippen molar-refractivity contribution in [2.24, 2.45) is 5.92 Å². The minimum absolute atomic E-state index is 0.277. The van der Waals surface area contributed by atoms with Gasteiger partial charge in [0.05, 0.1) is 12.7 Å². The fraction of sp³-hybridized carbons (Fsp3) is 0.364. The van der Waals surface area contributed by atoms with Crippen LogP contribution in [0.2, 0.25) is 0 Å². The van der Waals surface area contributed by atoms with Gasteiger partial charge in [-0.1, -0.05) is 36.4 Å². The lowest BCUT2D eigenvalue weighted by molar-refractivity contribution is 0.0600. The fourth-order valence-corrected chi connectivity index (χ4v) is 3.50. The van der Waals surface area contributed by atoms with E-state index in [1.165, 1.54) is 12.7 Å². The maximum atomic E-state index is 12.1. The number of benzene rings is 2. The van der Waals surface area contributed by atoms with Crippen molar-refractivity contribution in [3.63, 3.8) is 0 Å². The predicted octanol–water partition coefficient (Wildman–Crippen LogP) is 3.21. The zero-order valence-electron chi connectivity index (χ0n) is 16.1. The summed E-state index contributed by atoms with van der Waals surface area (Å²) in [6, 6.07) is 17.2. The lowest BCUT2D eigenvalue weighted by atomic mass is 9.89. The van der Waals surface area contributed by atoms with Crippen LogP contribution in [-0.2, 0) is 11.2 Å². The second-order valence-electron chi connectivity index (χ2n) is 7.15. The van der Waals surface area contributed by atoms with E-state index in [2.05, 4.69) is 40.2 Å². The molecule has 0 spiro atoms. The molecule has 1 fully saturated rings. The molecule has 0 bridgehead atoms. The lowest BCUT2D eigenvalue weighted by Gasteiger charge is -2.30. The summed E-state index contributed by atoms with van der Waals surface area (Å²) < 4.78 is 4.69. The highest BCUT2D eigenvalue weighted by Gasteiger charge is 2.21. The Balaban J connectivity index is 1.39. The number of hydrogen-bond donors (Lipinski definition) is 3. The predicted molar refractivity (Wildman–Crippen MR) is 109 cm³/mol. The zero-order valence-corrected chi connectivity index (χ0v) is 16.1. The van der Waals surface area contributed by atoms with Gasteiger partial charge in [0.15, 0.2) is 0 Å². The Morgan fingerprint density at radius 2 is 1.93 bits per heavy atom. The monoisotopic (exact) mass is 381 g/mol. The highest BCUT2D eigenvalue weighted by molar-refractivity contribution is 5.93. The SMILES string of the molecule is COC(=O)c1cccc(NC(=O)NC[C@H]2CC[C@@H](Cc3ccccc3)CN2)c1. The number of hydrogen-bond acceptors (Lipinski definition) is 4. The molecule has 1 saturated heterocycles. The maximum Gasteiger partial charge on any atom is 0.337 e. The van der Waals surface area contributed by atoms with Crippen LogP contribution in [0.1, 0.15) is 28.8 Å². The molecule has 0 unspecified atom stereocenters. The number of methoxy groups -OCH3 is 1. The molecule has 2 amide bonds. The van der Waals surface area contributed by atoms with Gasteiger partial charge in [-0.3, -0.25) is 0 Å². The summed E-state index contributed by atoms with van der Waals surface area (Å²) in [5, 5.41) is 9.19. The number of piperidine rings is 1. The van der Waals surface area contributed by atoms with E-state index in [1.807, 2.05) is 6.07 Å². The van der Waals surface area contributed by atoms with Gasteiger partial charge in [0, 0.05) is 18.3 Å². The first-order valence-electron chi connectivity index (χ1n) is 9.64. The molecule has 148 valence electrons. The molecule has 28 heavy (non-hydrogen) atoms. The molecule has 0 aromatic heterocycles. The van der Waals surface area contributed by atoms with Crippen LogP contribution < -0.4 is 16.0 Å². The van der Waals surface area contributed by atoms with Gasteiger partial charge in [0.1, 0.15) is 0 Å². The molecule has 0 radical (unpaired) electrons. The van der Waals surface area contributed by atoms with Crippen molar-refractivity contribution in [2.45, 2.75) is 25.3 Å². The highest BCUT2D eigenvalue weighted by Crippen LogP contribution is 2.19. The van der Waals surface area contributed by atoms with Crippen LogP contribution in [0.15, 0.2) is 54.6 Å². The summed E-state index contributed by atoms with van der Waals surface area (Å²) in [5.41, 5.74) is 2.33. The molecule has 3 rings (SSSR count). The van der Waals surface area contributed by atoms with Gasteiger partial charge < -0.3 is 20.7 Å². The molecule has 0 saturated carbocycles. The lowest BCUT2D eigenvalue weighted by Crippen LogP contribution is -2.47. The number of anilines is 1. The van der Waals surface area contributed by atoms with Crippen molar-refractivity contribution in [1.82, 2.24) is 10.6 Å². The number of esters is 1. The molecule has 2 atom stereocenters. The Hall–Kier alpha value is -2.86. The molecule has 6 nitrogen and oxygen atoms in total. The van der Waals surface area contributed by atoms with Gasteiger partial charge in [-0.15, -0.1) is 0 Å². The van der Waals surface area contributed by atoms with E-state index in [9.17, 15) is 9.59 Å². The quantitative estimate of drug-likeness (QED) is 0.672.